The largest absolute Gasteiger partial charge is 0.352 e. The maximum absolute atomic E-state index is 12.3. The summed E-state index contributed by atoms with van der Waals surface area (Å²) in [5, 5.41) is 2.48. The second-order valence-electron chi connectivity index (χ2n) is 8.44. The van der Waals surface area contributed by atoms with Crippen LogP contribution in [0.5, 0.6) is 0 Å². The van der Waals surface area contributed by atoms with E-state index in [9.17, 15) is 14.4 Å². The lowest BCUT2D eigenvalue weighted by Crippen LogP contribution is -2.50. The molecule has 0 aromatic carbocycles. The van der Waals surface area contributed by atoms with Crippen molar-refractivity contribution in [3.05, 3.63) is 0 Å². The molecule has 4 saturated carbocycles. The van der Waals surface area contributed by atoms with Gasteiger partial charge < -0.3 is 11.1 Å². The number of hydrogen-bond donors (Lipinski definition) is 4. The molecule has 4 amide bonds. The van der Waals surface area contributed by atoms with Crippen LogP contribution in [0.3, 0.4) is 0 Å². The van der Waals surface area contributed by atoms with E-state index in [0.717, 1.165) is 17.8 Å². The van der Waals surface area contributed by atoms with Crippen molar-refractivity contribution in [1.82, 2.24) is 16.2 Å². The maximum atomic E-state index is 12.3. The number of primary amides is 1. The van der Waals surface area contributed by atoms with Gasteiger partial charge in [0, 0.05) is 19.4 Å². The molecule has 4 aliphatic rings. The number of nitrogens with two attached hydrogens (primary N) is 1. The van der Waals surface area contributed by atoms with E-state index in [1.54, 1.807) is 0 Å². The number of hydrazine groups is 1. The SMILES string of the molecule is NC(=O)NCCCCC(=O)NNC(=O)CC12CC3CC(CC(C3)C1)C2. The molecule has 0 radical (unpaired) electrons. The first-order valence-electron chi connectivity index (χ1n) is 9.55. The Labute approximate surface area is 148 Å². The summed E-state index contributed by atoms with van der Waals surface area (Å²) in [6.45, 7) is 0.459. The van der Waals surface area contributed by atoms with E-state index < -0.39 is 6.03 Å². The van der Waals surface area contributed by atoms with Gasteiger partial charge in [0.2, 0.25) is 11.8 Å². The summed E-state index contributed by atoms with van der Waals surface area (Å²) in [7, 11) is 0. The highest BCUT2D eigenvalue weighted by molar-refractivity contribution is 5.82. The van der Waals surface area contributed by atoms with Crippen molar-refractivity contribution in [2.45, 2.75) is 64.2 Å². The second kappa shape index (κ2) is 7.62. The second-order valence-corrected chi connectivity index (χ2v) is 8.44. The van der Waals surface area contributed by atoms with Gasteiger partial charge in [-0.25, -0.2) is 4.79 Å². The average molecular weight is 350 g/mol. The Balaban J connectivity index is 1.33. The lowest BCUT2D eigenvalue weighted by Gasteiger charge is -2.56. The van der Waals surface area contributed by atoms with Crippen LogP contribution >= 0.6 is 0 Å². The predicted octanol–water partition coefficient (Wildman–Crippen LogP) is 1.58. The summed E-state index contributed by atoms with van der Waals surface area (Å²) < 4.78 is 0. The molecular weight excluding hydrogens is 320 g/mol. The molecule has 0 saturated heterocycles. The standard InChI is InChI=1S/C18H30N4O3/c19-17(25)20-4-2-1-3-15(23)21-22-16(24)11-18-8-12-5-13(9-18)7-14(6-12)10-18/h12-14H,1-11H2,(H,21,23)(H,22,24)(H3,19,20,25). The zero-order chi connectivity index (χ0) is 17.9. The molecule has 7 nitrogen and oxygen atoms in total. The molecule has 0 spiro atoms. The molecule has 7 heteroatoms. The van der Waals surface area contributed by atoms with Gasteiger partial charge in [0.15, 0.2) is 0 Å². The average Bonchev–Trinajstić information content (AvgIpc) is 2.50. The van der Waals surface area contributed by atoms with E-state index in [1.165, 1.54) is 38.5 Å². The molecule has 25 heavy (non-hydrogen) atoms. The summed E-state index contributed by atoms with van der Waals surface area (Å²) >= 11 is 0. The number of unbranched alkanes of at least 4 members (excludes halogenated alkanes) is 1. The van der Waals surface area contributed by atoms with Crippen molar-refractivity contribution >= 4 is 17.8 Å². The third-order valence-corrected chi connectivity index (χ3v) is 6.17. The summed E-state index contributed by atoms with van der Waals surface area (Å²) in [5.41, 5.74) is 10.2. The van der Waals surface area contributed by atoms with Crippen molar-refractivity contribution in [1.29, 1.82) is 0 Å². The maximum Gasteiger partial charge on any atom is 0.312 e. The van der Waals surface area contributed by atoms with Gasteiger partial charge in [-0.3, -0.25) is 20.4 Å². The quantitative estimate of drug-likeness (QED) is 0.413. The summed E-state index contributed by atoms with van der Waals surface area (Å²) in [6, 6.07) is -0.554. The van der Waals surface area contributed by atoms with E-state index in [-0.39, 0.29) is 17.2 Å². The van der Waals surface area contributed by atoms with Crippen molar-refractivity contribution in [2.24, 2.45) is 28.9 Å². The molecule has 0 atom stereocenters. The minimum Gasteiger partial charge on any atom is -0.352 e. The number of carbonyl (C=O) groups is 3. The Morgan fingerprint density at radius 2 is 1.44 bits per heavy atom. The predicted molar refractivity (Wildman–Crippen MR) is 92.9 cm³/mol. The third-order valence-electron chi connectivity index (χ3n) is 6.17. The lowest BCUT2D eigenvalue weighted by atomic mass is 9.49. The number of carbonyl (C=O) groups excluding carboxylic acids is 3. The van der Waals surface area contributed by atoms with Crippen LogP contribution in [0, 0.1) is 23.2 Å². The summed E-state index contributed by atoms with van der Waals surface area (Å²) in [4.78, 5) is 34.6. The van der Waals surface area contributed by atoms with Crippen LogP contribution in [-0.2, 0) is 9.59 Å². The Morgan fingerprint density at radius 1 is 0.880 bits per heavy atom. The van der Waals surface area contributed by atoms with Crippen LogP contribution in [-0.4, -0.2) is 24.4 Å². The molecule has 0 unspecified atom stereocenters. The zero-order valence-corrected chi connectivity index (χ0v) is 14.8. The van der Waals surface area contributed by atoms with Crippen molar-refractivity contribution in [3.63, 3.8) is 0 Å². The summed E-state index contributed by atoms with van der Waals surface area (Å²) in [5.74, 6) is 2.21. The van der Waals surface area contributed by atoms with Crippen LogP contribution in [0.4, 0.5) is 4.79 Å². The molecular formula is C18H30N4O3. The monoisotopic (exact) mass is 350 g/mol. The highest BCUT2D eigenvalue weighted by atomic mass is 16.2. The van der Waals surface area contributed by atoms with Gasteiger partial charge in [-0.15, -0.1) is 0 Å². The van der Waals surface area contributed by atoms with Crippen molar-refractivity contribution in [2.75, 3.05) is 6.54 Å². The van der Waals surface area contributed by atoms with E-state index in [2.05, 4.69) is 16.2 Å². The smallest absolute Gasteiger partial charge is 0.312 e. The molecule has 4 aliphatic carbocycles. The summed E-state index contributed by atoms with van der Waals surface area (Å²) in [6.07, 6.45) is 9.83. The van der Waals surface area contributed by atoms with Crippen LogP contribution in [0.2, 0.25) is 0 Å². The lowest BCUT2D eigenvalue weighted by molar-refractivity contribution is -0.134. The molecule has 140 valence electrons. The Morgan fingerprint density at radius 3 is 2.00 bits per heavy atom. The van der Waals surface area contributed by atoms with E-state index in [0.29, 0.717) is 32.2 Å². The molecule has 4 rings (SSSR count). The Bertz CT molecular complexity index is 499. The molecule has 4 fully saturated rings. The highest BCUT2D eigenvalue weighted by Gasteiger charge is 2.51. The number of rotatable bonds is 7. The fourth-order valence-electron chi connectivity index (χ4n) is 5.72. The molecule has 0 aromatic rings. The minimum atomic E-state index is -0.554. The van der Waals surface area contributed by atoms with Crippen LogP contribution in [0.1, 0.15) is 64.2 Å². The number of hydrogen-bond acceptors (Lipinski definition) is 3. The Hall–Kier alpha value is -1.79. The van der Waals surface area contributed by atoms with Gasteiger partial charge in [0.1, 0.15) is 0 Å². The normalized spacial score (nSPS) is 32.2. The first-order chi connectivity index (χ1) is 11.9. The Kier molecular flexibility index (Phi) is 5.49. The van der Waals surface area contributed by atoms with Crippen LogP contribution < -0.4 is 21.9 Å². The van der Waals surface area contributed by atoms with Crippen molar-refractivity contribution in [3.8, 4) is 0 Å². The van der Waals surface area contributed by atoms with E-state index >= 15 is 0 Å². The first kappa shape index (κ1) is 18.0. The molecule has 0 aliphatic heterocycles. The topological polar surface area (TPSA) is 113 Å². The minimum absolute atomic E-state index is 0.0642. The van der Waals surface area contributed by atoms with Gasteiger partial charge in [0.25, 0.3) is 0 Å². The first-order valence-corrected chi connectivity index (χ1v) is 9.55. The number of urea groups is 1. The van der Waals surface area contributed by atoms with Gasteiger partial charge in [-0.05, 0) is 74.5 Å². The number of nitrogens with one attached hydrogen (secondary N) is 3. The van der Waals surface area contributed by atoms with Gasteiger partial charge in [0.05, 0.1) is 0 Å². The van der Waals surface area contributed by atoms with Gasteiger partial charge in [-0.2, -0.15) is 0 Å². The fraction of sp³-hybridized carbons (Fsp3) is 0.833. The van der Waals surface area contributed by atoms with Crippen molar-refractivity contribution < 1.29 is 14.4 Å². The molecule has 0 heterocycles. The third kappa shape index (κ3) is 4.86. The van der Waals surface area contributed by atoms with Gasteiger partial charge in [-0.1, -0.05) is 0 Å². The van der Waals surface area contributed by atoms with Crippen LogP contribution in [0.15, 0.2) is 0 Å². The fourth-order valence-corrected chi connectivity index (χ4v) is 5.72. The highest BCUT2D eigenvalue weighted by Crippen LogP contribution is 2.61. The van der Waals surface area contributed by atoms with E-state index in [1.807, 2.05) is 0 Å². The number of amides is 4. The van der Waals surface area contributed by atoms with Gasteiger partial charge >= 0.3 is 6.03 Å². The molecule has 0 aromatic heterocycles. The van der Waals surface area contributed by atoms with Crippen LogP contribution in [0.25, 0.3) is 0 Å². The molecule has 5 N–H and O–H groups in total. The van der Waals surface area contributed by atoms with E-state index in [4.69, 9.17) is 5.73 Å². The molecule has 4 bridgehead atoms. The zero-order valence-electron chi connectivity index (χ0n) is 14.8.